The molecule has 1 aromatic heterocycles. The molecule has 1 N–H and O–H groups in total. The van der Waals surface area contributed by atoms with Gasteiger partial charge >= 0.3 is 0 Å². The van der Waals surface area contributed by atoms with Crippen LogP contribution in [0.2, 0.25) is 4.34 Å². The molecule has 10 heavy (non-hydrogen) atoms. The Hall–Kier alpha value is 0.430. The van der Waals surface area contributed by atoms with Gasteiger partial charge in [0.1, 0.15) is 4.34 Å². The minimum absolute atomic E-state index is 0.824. The zero-order chi connectivity index (χ0) is 7.56. The van der Waals surface area contributed by atoms with Gasteiger partial charge in [0.15, 0.2) is 0 Å². The highest BCUT2D eigenvalue weighted by atomic mass is 79.9. The van der Waals surface area contributed by atoms with E-state index in [1.54, 1.807) is 11.3 Å². The summed E-state index contributed by atoms with van der Waals surface area (Å²) in [5.74, 6) is 0. The lowest BCUT2D eigenvalue weighted by molar-refractivity contribution is 0.831. The van der Waals surface area contributed by atoms with Crippen molar-refractivity contribution in [3.63, 3.8) is 0 Å². The maximum atomic E-state index is 5.81. The van der Waals surface area contributed by atoms with Gasteiger partial charge in [-0.3, -0.25) is 0 Å². The number of hydrogen-bond acceptors (Lipinski definition) is 2. The lowest BCUT2D eigenvalue weighted by Crippen LogP contribution is -2.02. The standard InChI is InChI=1S/C6H7BrClNS/c1-9-3-4-2-5(7)6(8)10-4/h2,9H,3H2,1H3. The van der Waals surface area contributed by atoms with Gasteiger partial charge in [0.25, 0.3) is 0 Å². The molecular formula is C6H7BrClNS. The number of hydrogen-bond donors (Lipinski definition) is 1. The summed E-state index contributed by atoms with van der Waals surface area (Å²) in [5.41, 5.74) is 0. The SMILES string of the molecule is CNCc1cc(Br)c(Cl)s1. The highest BCUT2D eigenvalue weighted by molar-refractivity contribution is 9.10. The van der Waals surface area contributed by atoms with E-state index in [0.717, 1.165) is 15.4 Å². The second-order valence-electron chi connectivity index (χ2n) is 1.86. The molecule has 0 aromatic carbocycles. The molecule has 0 amide bonds. The molecule has 0 saturated carbocycles. The summed E-state index contributed by atoms with van der Waals surface area (Å²) in [4.78, 5) is 1.25. The Morgan fingerprint density at radius 3 is 2.90 bits per heavy atom. The largest absolute Gasteiger partial charge is 0.315 e. The zero-order valence-electron chi connectivity index (χ0n) is 5.45. The summed E-state index contributed by atoms with van der Waals surface area (Å²) < 4.78 is 1.81. The van der Waals surface area contributed by atoms with Crippen molar-refractivity contribution in [2.24, 2.45) is 0 Å². The first-order valence-electron chi connectivity index (χ1n) is 2.82. The van der Waals surface area contributed by atoms with Crippen molar-refractivity contribution in [1.29, 1.82) is 0 Å². The average molecular weight is 241 g/mol. The van der Waals surface area contributed by atoms with E-state index < -0.39 is 0 Å². The molecule has 1 aromatic rings. The van der Waals surface area contributed by atoms with E-state index in [2.05, 4.69) is 21.2 Å². The molecule has 0 atom stereocenters. The molecule has 0 radical (unpaired) electrons. The molecule has 0 aliphatic rings. The lowest BCUT2D eigenvalue weighted by atomic mass is 10.5. The van der Waals surface area contributed by atoms with E-state index in [1.807, 2.05) is 13.1 Å². The van der Waals surface area contributed by atoms with E-state index in [1.165, 1.54) is 4.88 Å². The average Bonchev–Trinajstić information content (AvgIpc) is 2.14. The highest BCUT2D eigenvalue weighted by Crippen LogP contribution is 2.31. The van der Waals surface area contributed by atoms with E-state index in [-0.39, 0.29) is 0 Å². The molecule has 0 fully saturated rings. The summed E-state index contributed by atoms with van der Waals surface area (Å²) in [7, 11) is 1.92. The van der Waals surface area contributed by atoms with E-state index in [4.69, 9.17) is 11.6 Å². The van der Waals surface area contributed by atoms with Crippen LogP contribution in [0.1, 0.15) is 4.88 Å². The summed E-state index contributed by atoms with van der Waals surface area (Å²) in [6, 6.07) is 2.03. The number of rotatable bonds is 2. The van der Waals surface area contributed by atoms with Crippen LogP contribution in [0.5, 0.6) is 0 Å². The fourth-order valence-corrected chi connectivity index (χ4v) is 2.46. The van der Waals surface area contributed by atoms with Crippen LogP contribution in [0.3, 0.4) is 0 Å². The Balaban J connectivity index is 2.77. The van der Waals surface area contributed by atoms with Gasteiger partial charge in [-0.25, -0.2) is 0 Å². The molecule has 0 unspecified atom stereocenters. The quantitative estimate of drug-likeness (QED) is 0.838. The van der Waals surface area contributed by atoms with Crippen molar-refractivity contribution >= 4 is 38.9 Å². The van der Waals surface area contributed by atoms with Gasteiger partial charge in [0, 0.05) is 15.9 Å². The number of thiophene rings is 1. The van der Waals surface area contributed by atoms with Gasteiger partial charge in [0.05, 0.1) is 0 Å². The summed E-state index contributed by atoms with van der Waals surface area (Å²) in [6.07, 6.45) is 0. The molecule has 0 bridgehead atoms. The van der Waals surface area contributed by atoms with Gasteiger partial charge in [-0.2, -0.15) is 0 Å². The Bertz CT molecular complexity index is 204. The Labute approximate surface area is 77.5 Å². The Kier molecular flexibility index (Phi) is 3.17. The first-order valence-corrected chi connectivity index (χ1v) is 4.81. The van der Waals surface area contributed by atoms with Crippen molar-refractivity contribution in [3.8, 4) is 0 Å². The van der Waals surface area contributed by atoms with Crippen LogP contribution in [0.15, 0.2) is 10.5 Å². The minimum Gasteiger partial charge on any atom is -0.315 e. The number of nitrogens with one attached hydrogen (secondary N) is 1. The predicted octanol–water partition coefficient (Wildman–Crippen LogP) is 2.88. The summed E-state index contributed by atoms with van der Waals surface area (Å²) in [5, 5.41) is 3.06. The van der Waals surface area contributed by atoms with Crippen LogP contribution in [-0.2, 0) is 6.54 Å². The molecule has 1 heterocycles. The zero-order valence-corrected chi connectivity index (χ0v) is 8.61. The molecule has 0 spiro atoms. The van der Waals surface area contributed by atoms with Crippen molar-refractivity contribution in [2.75, 3.05) is 7.05 Å². The first kappa shape index (κ1) is 8.53. The Morgan fingerprint density at radius 1 is 1.80 bits per heavy atom. The smallest absolute Gasteiger partial charge is 0.107 e. The van der Waals surface area contributed by atoms with Crippen LogP contribution < -0.4 is 5.32 Å². The fraction of sp³-hybridized carbons (Fsp3) is 0.333. The van der Waals surface area contributed by atoms with Gasteiger partial charge in [0.2, 0.25) is 0 Å². The third-order valence-electron chi connectivity index (χ3n) is 1.05. The Morgan fingerprint density at radius 2 is 2.50 bits per heavy atom. The monoisotopic (exact) mass is 239 g/mol. The second-order valence-corrected chi connectivity index (χ2v) is 4.46. The molecule has 0 aliphatic carbocycles. The third-order valence-corrected chi connectivity index (χ3v) is 3.52. The van der Waals surface area contributed by atoms with Crippen LogP contribution in [0, 0.1) is 0 Å². The number of halogens is 2. The van der Waals surface area contributed by atoms with Crippen LogP contribution in [0.25, 0.3) is 0 Å². The molecule has 56 valence electrons. The topological polar surface area (TPSA) is 12.0 Å². The van der Waals surface area contributed by atoms with E-state index in [0.29, 0.717) is 0 Å². The highest BCUT2D eigenvalue weighted by Gasteiger charge is 2.01. The summed E-state index contributed by atoms with van der Waals surface area (Å²) >= 11 is 10.7. The molecule has 4 heteroatoms. The molecule has 1 nitrogen and oxygen atoms in total. The predicted molar refractivity (Wildman–Crippen MR) is 49.8 cm³/mol. The van der Waals surface area contributed by atoms with Crippen molar-refractivity contribution < 1.29 is 0 Å². The second kappa shape index (κ2) is 3.72. The van der Waals surface area contributed by atoms with Crippen LogP contribution in [-0.4, -0.2) is 7.05 Å². The van der Waals surface area contributed by atoms with E-state index >= 15 is 0 Å². The first-order chi connectivity index (χ1) is 4.74. The lowest BCUT2D eigenvalue weighted by Gasteiger charge is -1.89. The molecular weight excluding hydrogens is 233 g/mol. The fourth-order valence-electron chi connectivity index (χ4n) is 0.653. The molecule has 1 rings (SSSR count). The normalized spacial score (nSPS) is 10.3. The van der Waals surface area contributed by atoms with Gasteiger partial charge in [-0.1, -0.05) is 11.6 Å². The van der Waals surface area contributed by atoms with Gasteiger partial charge in [-0.05, 0) is 29.0 Å². The van der Waals surface area contributed by atoms with Gasteiger partial charge < -0.3 is 5.32 Å². The molecule has 0 saturated heterocycles. The van der Waals surface area contributed by atoms with Crippen LogP contribution in [0.4, 0.5) is 0 Å². The maximum Gasteiger partial charge on any atom is 0.107 e. The van der Waals surface area contributed by atoms with Crippen molar-refractivity contribution in [1.82, 2.24) is 5.32 Å². The molecule has 0 aliphatic heterocycles. The van der Waals surface area contributed by atoms with Crippen molar-refractivity contribution in [2.45, 2.75) is 6.54 Å². The summed E-state index contributed by atoms with van der Waals surface area (Å²) in [6.45, 7) is 0.885. The maximum absolute atomic E-state index is 5.81. The van der Waals surface area contributed by atoms with Crippen LogP contribution >= 0.6 is 38.9 Å². The minimum atomic E-state index is 0.824. The van der Waals surface area contributed by atoms with E-state index in [9.17, 15) is 0 Å². The third kappa shape index (κ3) is 1.95. The van der Waals surface area contributed by atoms with Crippen molar-refractivity contribution in [3.05, 3.63) is 19.8 Å². The van der Waals surface area contributed by atoms with Gasteiger partial charge in [-0.15, -0.1) is 11.3 Å².